The van der Waals surface area contributed by atoms with E-state index in [9.17, 15) is 18.0 Å². The van der Waals surface area contributed by atoms with E-state index < -0.39 is 6.18 Å². The number of hydrogen-bond donors (Lipinski definition) is 0. The van der Waals surface area contributed by atoms with Crippen LogP contribution in [-0.2, 0) is 24.1 Å². The van der Waals surface area contributed by atoms with Crippen LogP contribution in [0.1, 0.15) is 73.3 Å². The van der Waals surface area contributed by atoms with Crippen LogP contribution in [0.2, 0.25) is 0 Å². The first-order valence-corrected chi connectivity index (χ1v) is 13.9. The topological polar surface area (TPSA) is 17.1 Å². The quantitative estimate of drug-likeness (QED) is 0.211. The van der Waals surface area contributed by atoms with Crippen molar-refractivity contribution in [1.82, 2.24) is 0 Å². The van der Waals surface area contributed by atoms with E-state index in [4.69, 9.17) is 0 Å². The highest BCUT2D eigenvalue weighted by Crippen LogP contribution is 2.33. The molecule has 0 saturated carbocycles. The minimum atomic E-state index is -4.38. The van der Waals surface area contributed by atoms with Gasteiger partial charge in [0.05, 0.1) is 0 Å². The van der Waals surface area contributed by atoms with Crippen LogP contribution in [0.15, 0.2) is 72.3 Å². The molecule has 1 nitrogen and oxygen atoms in total. The van der Waals surface area contributed by atoms with Gasteiger partial charge in [-0.2, -0.15) is 13.2 Å². The van der Waals surface area contributed by atoms with Crippen molar-refractivity contribution >= 4 is 5.78 Å². The lowest BCUT2D eigenvalue weighted by Crippen LogP contribution is -2.21. The molecule has 2 atom stereocenters. The van der Waals surface area contributed by atoms with Crippen LogP contribution < -0.4 is 0 Å². The van der Waals surface area contributed by atoms with Crippen molar-refractivity contribution < 1.29 is 18.0 Å². The van der Waals surface area contributed by atoms with E-state index >= 15 is 0 Å². The maximum Gasteiger partial charge on any atom is 0.410 e. The monoisotopic (exact) mass is 528 g/mol. The Bertz CT molecular complexity index is 1300. The highest BCUT2D eigenvalue weighted by Gasteiger charge is 2.26. The van der Waals surface area contributed by atoms with Gasteiger partial charge in [-0.25, -0.2) is 0 Å². The highest BCUT2D eigenvalue weighted by molar-refractivity contribution is 5.84. The minimum absolute atomic E-state index is 0.0480. The van der Waals surface area contributed by atoms with Gasteiger partial charge in [0, 0.05) is 36.8 Å². The first-order valence-electron chi connectivity index (χ1n) is 13.9. The zero-order chi connectivity index (χ0) is 27.7. The molecule has 2 aliphatic rings. The Labute approximate surface area is 230 Å². The smallest absolute Gasteiger partial charge is 0.299 e. The Morgan fingerprint density at radius 1 is 1.10 bits per heavy atom. The van der Waals surface area contributed by atoms with Crippen molar-refractivity contribution in [3.05, 3.63) is 113 Å². The summed E-state index contributed by atoms with van der Waals surface area (Å²) in [6.07, 6.45) is 14.4. The van der Waals surface area contributed by atoms with E-state index in [1.165, 1.54) is 5.57 Å². The third-order valence-electron chi connectivity index (χ3n) is 7.30. The summed E-state index contributed by atoms with van der Waals surface area (Å²) in [5, 5.41) is 0. The van der Waals surface area contributed by atoms with E-state index in [0.717, 1.165) is 60.8 Å². The van der Waals surface area contributed by atoms with E-state index in [-0.39, 0.29) is 12.0 Å². The maximum atomic E-state index is 13.4. The number of aryl methyl sites for hydroxylation is 2. The van der Waals surface area contributed by atoms with Gasteiger partial charge < -0.3 is 0 Å². The van der Waals surface area contributed by atoms with Crippen LogP contribution >= 0.6 is 0 Å². The fourth-order valence-corrected chi connectivity index (χ4v) is 5.14. The average Bonchev–Trinajstić information content (AvgIpc) is 3.74. The molecule has 4 rings (SSSR count). The van der Waals surface area contributed by atoms with Crippen LogP contribution in [0.4, 0.5) is 13.2 Å². The molecule has 2 unspecified atom stereocenters. The van der Waals surface area contributed by atoms with Crippen molar-refractivity contribution in [3.8, 4) is 11.8 Å². The lowest BCUT2D eigenvalue weighted by molar-refractivity contribution is -0.122. The van der Waals surface area contributed by atoms with E-state index in [1.54, 1.807) is 18.2 Å². The number of ketones is 1. The Morgan fingerprint density at radius 3 is 2.67 bits per heavy atom. The lowest BCUT2D eigenvalue weighted by atomic mass is 9.81. The number of carbonyl (C=O) groups is 1. The van der Waals surface area contributed by atoms with Gasteiger partial charge in [-0.3, -0.25) is 4.79 Å². The van der Waals surface area contributed by atoms with Gasteiger partial charge in [0.15, 0.2) is 0 Å². The normalized spacial score (nSPS) is 17.4. The van der Waals surface area contributed by atoms with Gasteiger partial charge >= 0.3 is 6.18 Å². The number of allylic oxidation sites excluding steroid dienone is 5. The van der Waals surface area contributed by atoms with Crippen molar-refractivity contribution in [3.63, 3.8) is 0 Å². The van der Waals surface area contributed by atoms with Gasteiger partial charge in [0.2, 0.25) is 0 Å². The van der Waals surface area contributed by atoms with Crippen molar-refractivity contribution in [1.29, 1.82) is 0 Å². The summed E-state index contributed by atoms with van der Waals surface area (Å²) in [6, 6.07) is 13.2. The molecule has 0 aromatic heterocycles. The summed E-state index contributed by atoms with van der Waals surface area (Å²) >= 11 is 0. The number of carbonyl (C=O) groups excluding carboxylic acids is 1. The first kappa shape index (κ1) is 28.7. The molecular weight excluding hydrogens is 493 g/mol. The summed E-state index contributed by atoms with van der Waals surface area (Å²) in [6.45, 7) is 2.01. The molecule has 202 valence electrons. The largest absolute Gasteiger partial charge is 0.410 e. The SMILES string of the molecule is CCC#Cc1cc(CC(=O)C(CC2=C[CH]2)CC2CC=CCC2)ccc1CCc1cccc([C]=CC(F)(F)F)c1. The zero-order valence-corrected chi connectivity index (χ0v) is 22.5. The second-order valence-electron chi connectivity index (χ2n) is 10.5. The lowest BCUT2D eigenvalue weighted by Gasteiger charge is -2.23. The van der Waals surface area contributed by atoms with Crippen molar-refractivity contribution in [2.45, 2.75) is 70.9 Å². The fourth-order valence-electron chi connectivity index (χ4n) is 5.14. The van der Waals surface area contributed by atoms with Gasteiger partial charge in [0.1, 0.15) is 5.78 Å². The summed E-state index contributed by atoms with van der Waals surface area (Å²) < 4.78 is 37.6. The number of hydrogen-bond acceptors (Lipinski definition) is 1. The second kappa shape index (κ2) is 13.7. The van der Waals surface area contributed by atoms with Gasteiger partial charge in [0.25, 0.3) is 0 Å². The Kier molecular flexibility index (Phi) is 10.0. The Balaban J connectivity index is 1.44. The van der Waals surface area contributed by atoms with Crippen LogP contribution in [-0.4, -0.2) is 12.0 Å². The number of Topliss-reactive ketones (excluding diaryl/α,β-unsaturated/α-hetero) is 1. The molecular formula is C35H35F3O. The molecule has 4 heteroatoms. The highest BCUT2D eigenvalue weighted by atomic mass is 19.4. The molecule has 0 amide bonds. The van der Waals surface area contributed by atoms with Gasteiger partial charge in [-0.15, -0.1) is 0 Å². The third kappa shape index (κ3) is 9.74. The molecule has 0 saturated heterocycles. The predicted molar refractivity (Wildman–Crippen MR) is 151 cm³/mol. The molecule has 0 spiro atoms. The maximum absolute atomic E-state index is 13.4. The molecule has 2 aromatic carbocycles. The molecule has 0 N–H and O–H groups in total. The molecule has 0 bridgehead atoms. The van der Waals surface area contributed by atoms with Crippen LogP contribution in [0.5, 0.6) is 0 Å². The number of alkyl halides is 3. The molecule has 2 radical (unpaired) electrons. The average molecular weight is 529 g/mol. The van der Waals surface area contributed by atoms with E-state index in [2.05, 4.69) is 54.7 Å². The number of rotatable bonds is 11. The van der Waals surface area contributed by atoms with Crippen molar-refractivity contribution in [2.75, 3.05) is 0 Å². The van der Waals surface area contributed by atoms with Crippen LogP contribution in [0, 0.1) is 36.2 Å². The second-order valence-corrected chi connectivity index (χ2v) is 10.5. The minimum Gasteiger partial charge on any atom is -0.299 e. The van der Waals surface area contributed by atoms with Gasteiger partial charge in [-0.05, 0) is 85.3 Å². The summed E-state index contributed by atoms with van der Waals surface area (Å²) in [7, 11) is 0. The van der Waals surface area contributed by atoms with Gasteiger partial charge in [-0.1, -0.05) is 79.0 Å². The fraction of sp³-hybridized carbons (Fsp3) is 0.371. The summed E-state index contributed by atoms with van der Waals surface area (Å²) in [4.78, 5) is 13.4. The first-order chi connectivity index (χ1) is 18.8. The standard InChI is InChI=1S/C35H35F3O/c1-2-3-12-32-24-30(25-34(39)33(23-29-13-14-29)22-26-8-5-4-6-9-26)16-18-31(32)17-15-27-10-7-11-28(21-27)19-20-35(36,37)38/h4-5,7,10-11,13-14,16,18,20-21,24,26,33H,2,6,8-9,15,17,22-23,25H2,1H3. The third-order valence-corrected chi connectivity index (χ3v) is 7.30. The summed E-state index contributed by atoms with van der Waals surface area (Å²) in [5.41, 5.74) is 5.63. The van der Waals surface area contributed by atoms with Crippen LogP contribution in [0.25, 0.3) is 0 Å². The summed E-state index contributed by atoms with van der Waals surface area (Å²) in [5.74, 6) is 7.36. The van der Waals surface area contributed by atoms with E-state index in [1.807, 2.05) is 19.1 Å². The van der Waals surface area contributed by atoms with Crippen molar-refractivity contribution in [2.24, 2.45) is 11.8 Å². The number of halogens is 3. The number of benzene rings is 2. The molecule has 0 heterocycles. The molecule has 39 heavy (non-hydrogen) atoms. The molecule has 0 fully saturated rings. The molecule has 2 aliphatic carbocycles. The molecule has 0 aliphatic heterocycles. The Hall–Kier alpha value is -3.32. The Morgan fingerprint density at radius 2 is 1.95 bits per heavy atom. The zero-order valence-electron chi connectivity index (χ0n) is 22.5. The molecule has 2 aromatic rings. The predicted octanol–water partition coefficient (Wildman–Crippen LogP) is 8.51. The van der Waals surface area contributed by atoms with Crippen LogP contribution in [0.3, 0.4) is 0 Å². The van der Waals surface area contributed by atoms with E-state index in [0.29, 0.717) is 36.5 Å².